The molecule has 0 bridgehead atoms. The second-order valence-corrected chi connectivity index (χ2v) is 10.4. The van der Waals surface area contributed by atoms with Gasteiger partial charge < -0.3 is 14.6 Å². The summed E-state index contributed by atoms with van der Waals surface area (Å²) >= 11 is 0. The van der Waals surface area contributed by atoms with Gasteiger partial charge in [0.1, 0.15) is 17.3 Å². The van der Waals surface area contributed by atoms with Gasteiger partial charge in [0.2, 0.25) is 0 Å². The number of rotatable bonds is 5. The molecule has 3 aromatic rings. The number of aliphatic hydroxyl groups is 1. The van der Waals surface area contributed by atoms with Gasteiger partial charge in [-0.3, -0.25) is 14.5 Å². The van der Waals surface area contributed by atoms with Crippen molar-refractivity contribution in [2.24, 2.45) is 0 Å². The molecule has 3 aromatic carbocycles. The summed E-state index contributed by atoms with van der Waals surface area (Å²) in [5.74, 6) is -0.497. The van der Waals surface area contributed by atoms with Crippen molar-refractivity contribution in [3.63, 3.8) is 0 Å². The minimum absolute atomic E-state index is 0.0127. The van der Waals surface area contributed by atoms with E-state index in [4.69, 9.17) is 9.47 Å². The van der Waals surface area contributed by atoms with Crippen LogP contribution in [0.1, 0.15) is 54.6 Å². The highest BCUT2D eigenvalue weighted by Gasteiger charge is 2.48. The number of ketones is 1. The van der Waals surface area contributed by atoms with Crippen LogP contribution >= 0.6 is 0 Å². The minimum Gasteiger partial charge on any atom is -0.507 e. The molecular weight excluding hydrogens is 466 g/mol. The zero-order valence-electron chi connectivity index (χ0n) is 22.4. The summed E-state index contributed by atoms with van der Waals surface area (Å²) in [6.45, 7) is 10.0. The molecule has 37 heavy (non-hydrogen) atoms. The van der Waals surface area contributed by atoms with Crippen LogP contribution in [0.25, 0.3) is 5.76 Å². The van der Waals surface area contributed by atoms with E-state index in [1.165, 1.54) is 4.90 Å². The molecule has 0 spiro atoms. The number of methoxy groups -OCH3 is 2. The van der Waals surface area contributed by atoms with Gasteiger partial charge in [-0.15, -0.1) is 0 Å². The van der Waals surface area contributed by atoms with E-state index < -0.39 is 17.7 Å². The van der Waals surface area contributed by atoms with Crippen LogP contribution in [-0.2, 0) is 15.0 Å². The predicted molar refractivity (Wildman–Crippen MR) is 145 cm³/mol. The topological polar surface area (TPSA) is 76.1 Å². The Morgan fingerprint density at radius 2 is 1.49 bits per heavy atom. The van der Waals surface area contributed by atoms with Crippen LogP contribution < -0.4 is 14.4 Å². The molecule has 0 radical (unpaired) electrons. The third-order valence-corrected chi connectivity index (χ3v) is 6.64. The number of aryl methyl sites for hydroxylation is 2. The molecule has 1 aliphatic heterocycles. The van der Waals surface area contributed by atoms with Gasteiger partial charge in [0.05, 0.1) is 25.8 Å². The van der Waals surface area contributed by atoms with Crippen molar-refractivity contribution in [2.45, 2.75) is 46.1 Å². The lowest BCUT2D eigenvalue weighted by molar-refractivity contribution is -0.132. The first kappa shape index (κ1) is 26.0. The number of benzene rings is 3. The second kappa shape index (κ2) is 9.77. The van der Waals surface area contributed by atoms with Crippen LogP contribution in [0.3, 0.4) is 0 Å². The first-order chi connectivity index (χ1) is 17.5. The Balaban J connectivity index is 2.01. The van der Waals surface area contributed by atoms with Crippen molar-refractivity contribution in [1.82, 2.24) is 0 Å². The zero-order valence-corrected chi connectivity index (χ0v) is 22.4. The Morgan fingerprint density at radius 3 is 2.08 bits per heavy atom. The van der Waals surface area contributed by atoms with Crippen molar-refractivity contribution >= 4 is 23.1 Å². The molecule has 1 atom stereocenters. The molecule has 6 nitrogen and oxygen atoms in total. The van der Waals surface area contributed by atoms with Gasteiger partial charge in [-0.2, -0.15) is 0 Å². The van der Waals surface area contributed by atoms with Gasteiger partial charge >= 0.3 is 0 Å². The molecule has 1 heterocycles. The molecular formula is C31H33NO5. The largest absolute Gasteiger partial charge is 0.507 e. The maximum Gasteiger partial charge on any atom is 0.300 e. The van der Waals surface area contributed by atoms with E-state index in [2.05, 4.69) is 0 Å². The Kier molecular flexibility index (Phi) is 6.87. The Morgan fingerprint density at radius 1 is 0.865 bits per heavy atom. The number of hydrogen-bond donors (Lipinski definition) is 1. The number of Topliss-reactive ketones (excluding diaryl/α,β-unsaturated/α-hetero) is 1. The van der Waals surface area contributed by atoms with E-state index in [-0.39, 0.29) is 16.7 Å². The Bertz CT molecular complexity index is 1390. The predicted octanol–water partition coefficient (Wildman–Crippen LogP) is 6.24. The van der Waals surface area contributed by atoms with Crippen LogP contribution in [0.4, 0.5) is 5.69 Å². The third-order valence-electron chi connectivity index (χ3n) is 6.64. The van der Waals surface area contributed by atoms with Crippen LogP contribution in [0, 0.1) is 13.8 Å². The summed E-state index contributed by atoms with van der Waals surface area (Å²) in [4.78, 5) is 28.6. The molecule has 6 heteroatoms. The molecule has 192 valence electrons. The van der Waals surface area contributed by atoms with E-state index in [0.29, 0.717) is 28.3 Å². The standard InChI is InChI=1S/C31H33NO5/c1-18-14-19(2)16-21(15-18)32-27(22-10-8-9-11-24(22)36-6)26(29(34)30(32)35)28(33)20-12-13-25(37-7)23(17-20)31(3,4)5/h8-17,27,33H,1-7H3/b28-26+. The first-order valence-corrected chi connectivity index (χ1v) is 12.2. The monoisotopic (exact) mass is 499 g/mol. The quantitative estimate of drug-likeness (QED) is 0.255. The highest BCUT2D eigenvalue weighted by Crippen LogP contribution is 2.45. The van der Waals surface area contributed by atoms with Crippen molar-refractivity contribution in [3.8, 4) is 11.5 Å². The normalized spacial score (nSPS) is 17.3. The molecule has 0 aromatic heterocycles. The van der Waals surface area contributed by atoms with Gasteiger partial charge in [0.25, 0.3) is 11.7 Å². The number of carbonyl (C=O) groups is 2. The Hall–Kier alpha value is -4.06. The van der Waals surface area contributed by atoms with E-state index in [1.54, 1.807) is 32.4 Å². The lowest BCUT2D eigenvalue weighted by Gasteiger charge is -2.27. The average Bonchev–Trinajstić information content (AvgIpc) is 3.12. The number of amides is 1. The van der Waals surface area contributed by atoms with Crippen molar-refractivity contribution in [1.29, 1.82) is 0 Å². The Labute approximate surface area is 218 Å². The zero-order chi connectivity index (χ0) is 27.1. The molecule has 1 unspecified atom stereocenters. The van der Waals surface area contributed by atoms with E-state index in [9.17, 15) is 14.7 Å². The second-order valence-electron chi connectivity index (χ2n) is 10.4. The van der Waals surface area contributed by atoms with Crippen molar-refractivity contribution in [2.75, 3.05) is 19.1 Å². The maximum atomic E-state index is 13.6. The highest BCUT2D eigenvalue weighted by atomic mass is 16.5. The smallest absolute Gasteiger partial charge is 0.300 e. The number of anilines is 1. The van der Waals surface area contributed by atoms with Crippen LogP contribution in [0.15, 0.2) is 66.2 Å². The lowest BCUT2D eigenvalue weighted by atomic mass is 9.84. The van der Waals surface area contributed by atoms with Crippen molar-refractivity contribution in [3.05, 3.63) is 94.1 Å². The van der Waals surface area contributed by atoms with Gasteiger partial charge in [-0.1, -0.05) is 45.0 Å². The number of para-hydroxylation sites is 1. The maximum absolute atomic E-state index is 13.6. The third kappa shape index (κ3) is 4.71. The molecule has 1 amide bonds. The molecule has 0 aliphatic carbocycles. The molecule has 1 N–H and O–H groups in total. The van der Waals surface area contributed by atoms with Crippen molar-refractivity contribution < 1.29 is 24.2 Å². The molecule has 1 fully saturated rings. The van der Waals surface area contributed by atoms with E-state index in [1.807, 2.05) is 77.1 Å². The van der Waals surface area contributed by atoms with E-state index in [0.717, 1.165) is 16.7 Å². The number of nitrogens with zero attached hydrogens (tertiary/aromatic N) is 1. The number of ether oxygens (including phenoxy) is 2. The minimum atomic E-state index is -0.877. The summed E-state index contributed by atoms with van der Waals surface area (Å²) in [6, 6.07) is 17.4. The number of carbonyl (C=O) groups excluding carboxylic acids is 2. The number of hydrogen-bond acceptors (Lipinski definition) is 5. The fourth-order valence-electron chi connectivity index (χ4n) is 4.97. The van der Waals surface area contributed by atoms with Crippen LogP contribution in [0.2, 0.25) is 0 Å². The SMILES string of the molecule is COc1ccccc1C1/C(=C(\O)c2ccc(OC)c(C(C)(C)C)c2)C(=O)C(=O)N1c1cc(C)cc(C)c1. The highest BCUT2D eigenvalue weighted by molar-refractivity contribution is 6.51. The summed E-state index contributed by atoms with van der Waals surface area (Å²) < 4.78 is 11.2. The molecule has 0 saturated carbocycles. The average molecular weight is 500 g/mol. The molecule has 4 rings (SSSR count). The molecule has 1 saturated heterocycles. The summed E-state index contributed by atoms with van der Waals surface area (Å²) in [5, 5.41) is 11.6. The summed E-state index contributed by atoms with van der Waals surface area (Å²) in [6.07, 6.45) is 0. The summed E-state index contributed by atoms with van der Waals surface area (Å²) in [7, 11) is 3.14. The number of aliphatic hydroxyl groups excluding tert-OH is 1. The van der Waals surface area contributed by atoms with Gasteiger partial charge in [0, 0.05) is 22.4 Å². The van der Waals surface area contributed by atoms with Crippen LogP contribution in [0.5, 0.6) is 11.5 Å². The molecule has 1 aliphatic rings. The van der Waals surface area contributed by atoms with Gasteiger partial charge in [0.15, 0.2) is 0 Å². The fourth-order valence-corrected chi connectivity index (χ4v) is 4.97. The van der Waals surface area contributed by atoms with Gasteiger partial charge in [-0.05, 0) is 66.8 Å². The van der Waals surface area contributed by atoms with E-state index >= 15 is 0 Å². The van der Waals surface area contributed by atoms with Gasteiger partial charge in [-0.25, -0.2) is 0 Å². The lowest BCUT2D eigenvalue weighted by Crippen LogP contribution is -2.29. The van der Waals surface area contributed by atoms with Crippen LogP contribution in [-0.4, -0.2) is 31.0 Å². The fraction of sp³-hybridized carbons (Fsp3) is 0.290. The summed E-state index contributed by atoms with van der Waals surface area (Å²) in [5.41, 5.74) is 4.14. The first-order valence-electron chi connectivity index (χ1n) is 12.2.